The van der Waals surface area contributed by atoms with Crippen LogP contribution in [0.15, 0.2) is 72.9 Å². The zero-order chi connectivity index (χ0) is 53.1. The Kier molecular flexibility index (Phi) is 56.7. The highest BCUT2D eigenvalue weighted by Crippen LogP contribution is 2.43. The average molecular weight is 1040 g/mol. The Labute approximate surface area is 450 Å². The standard InChI is InChI=1S/C63H114NO8P/c1-3-5-7-9-11-13-15-17-19-21-23-25-27-28-29-30-31-32-34-35-37-39-41-43-45-47-49-51-53-55-62(65)69-59-61(60-71-73(67,68)70-58-57-64)72-63(66)56-54-52-50-48-46-44-42-40-38-36-33-26-24-22-20-18-16-14-12-10-8-6-4-2/h6,8,12,14,18,20-21,23-24,26,36,38,61H,3-5,7,9-11,13,15-17,19,22,25,27-35,37,39-60,64H2,1-2H3,(H,67,68)/b8-6-,14-12-,20-18-,23-21-,26-24-,38-36-. The summed E-state index contributed by atoms with van der Waals surface area (Å²) in [6.45, 7) is 3.65. The van der Waals surface area contributed by atoms with Gasteiger partial charge in [0.15, 0.2) is 6.10 Å². The highest BCUT2D eigenvalue weighted by molar-refractivity contribution is 7.47. The molecule has 0 aliphatic carbocycles. The molecule has 424 valence electrons. The van der Waals surface area contributed by atoms with E-state index in [1.807, 2.05) is 0 Å². The molecule has 0 aromatic carbocycles. The Hall–Kier alpha value is -2.55. The van der Waals surface area contributed by atoms with Crippen LogP contribution in [0.1, 0.15) is 284 Å². The number of ether oxygens (including phenoxy) is 2. The Morgan fingerprint density at radius 1 is 0.425 bits per heavy atom. The quantitative estimate of drug-likeness (QED) is 0.0264. The number of unbranched alkanes of at least 4 members (excludes halogenated alkanes) is 32. The fourth-order valence-corrected chi connectivity index (χ4v) is 9.37. The lowest BCUT2D eigenvalue weighted by Crippen LogP contribution is -2.29. The van der Waals surface area contributed by atoms with Crippen LogP contribution in [0.4, 0.5) is 0 Å². The van der Waals surface area contributed by atoms with Gasteiger partial charge in [0.2, 0.25) is 0 Å². The number of phosphoric acid groups is 1. The van der Waals surface area contributed by atoms with E-state index < -0.39 is 26.5 Å². The first kappa shape index (κ1) is 70.5. The maximum Gasteiger partial charge on any atom is 0.472 e. The third-order valence-electron chi connectivity index (χ3n) is 13.1. The molecule has 0 amide bonds. The minimum Gasteiger partial charge on any atom is -0.462 e. The molecule has 0 spiro atoms. The van der Waals surface area contributed by atoms with Crippen molar-refractivity contribution in [2.24, 2.45) is 5.73 Å². The second kappa shape index (κ2) is 58.7. The van der Waals surface area contributed by atoms with Crippen LogP contribution >= 0.6 is 7.82 Å². The van der Waals surface area contributed by atoms with Crippen molar-refractivity contribution in [1.29, 1.82) is 0 Å². The number of esters is 2. The number of carbonyl (C=O) groups excluding carboxylic acids is 2. The molecular weight excluding hydrogens is 930 g/mol. The van der Waals surface area contributed by atoms with Crippen LogP contribution in [0.25, 0.3) is 0 Å². The van der Waals surface area contributed by atoms with Crippen molar-refractivity contribution >= 4 is 19.8 Å². The van der Waals surface area contributed by atoms with Gasteiger partial charge >= 0.3 is 19.8 Å². The van der Waals surface area contributed by atoms with Gasteiger partial charge in [-0.1, -0.05) is 260 Å². The van der Waals surface area contributed by atoms with Crippen LogP contribution in [0.2, 0.25) is 0 Å². The van der Waals surface area contributed by atoms with Gasteiger partial charge in [0.25, 0.3) is 0 Å². The summed E-state index contributed by atoms with van der Waals surface area (Å²) in [5.41, 5.74) is 5.39. The predicted molar refractivity (Wildman–Crippen MR) is 312 cm³/mol. The van der Waals surface area contributed by atoms with E-state index in [2.05, 4.69) is 86.8 Å². The van der Waals surface area contributed by atoms with Crippen LogP contribution < -0.4 is 5.73 Å². The summed E-state index contributed by atoms with van der Waals surface area (Å²) in [4.78, 5) is 35.2. The molecule has 0 aromatic heterocycles. The maximum atomic E-state index is 12.7. The Bertz CT molecular complexity index is 1420. The van der Waals surface area contributed by atoms with Gasteiger partial charge in [0.05, 0.1) is 13.2 Å². The number of phosphoric ester groups is 1. The van der Waals surface area contributed by atoms with Gasteiger partial charge in [-0.05, 0) is 83.5 Å². The van der Waals surface area contributed by atoms with Crippen molar-refractivity contribution < 1.29 is 37.6 Å². The first-order valence-electron chi connectivity index (χ1n) is 30.4. The molecule has 10 heteroatoms. The zero-order valence-electron chi connectivity index (χ0n) is 47.4. The lowest BCUT2D eigenvalue weighted by atomic mass is 10.0. The molecule has 0 aromatic rings. The van der Waals surface area contributed by atoms with Crippen molar-refractivity contribution in [1.82, 2.24) is 0 Å². The molecule has 9 nitrogen and oxygen atoms in total. The minimum absolute atomic E-state index is 0.0493. The number of hydrogen-bond donors (Lipinski definition) is 2. The van der Waals surface area contributed by atoms with Crippen molar-refractivity contribution in [3.8, 4) is 0 Å². The van der Waals surface area contributed by atoms with Gasteiger partial charge in [-0.25, -0.2) is 4.57 Å². The largest absolute Gasteiger partial charge is 0.472 e. The monoisotopic (exact) mass is 1040 g/mol. The third-order valence-corrected chi connectivity index (χ3v) is 14.1. The highest BCUT2D eigenvalue weighted by Gasteiger charge is 2.26. The van der Waals surface area contributed by atoms with E-state index in [1.54, 1.807) is 0 Å². The molecule has 0 heterocycles. The van der Waals surface area contributed by atoms with Crippen molar-refractivity contribution in [3.05, 3.63) is 72.9 Å². The Morgan fingerprint density at radius 3 is 1.14 bits per heavy atom. The number of carbonyl (C=O) groups is 2. The summed E-state index contributed by atoms with van der Waals surface area (Å²) in [6.07, 6.45) is 75.4. The Morgan fingerprint density at radius 2 is 0.753 bits per heavy atom. The van der Waals surface area contributed by atoms with Gasteiger partial charge in [0.1, 0.15) is 6.61 Å². The molecule has 0 saturated heterocycles. The Balaban J connectivity index is 3.94. The number of allylic oxidation sites excluding steroid dienone is 12. The minimum atomic E-state index is -4.39. The smallest absolute Gasteiger partial charge is 0.462 e. The van der Waals surface area contributed by atoms with E-state index >= 15 is 0 Å². The van der Waals surface area contributed by atoms with E-state index in [0.29, 0.717) is 6.42 Å². The highest BCUT2D eigenvalue weighted by atomic mass is 31.2. The summed E-state index contributed by atoms with van der Waals surface area (Å²) >= 11 is 0. The lowest BCUT2D eigenvalue weighted by molar-refractivity contribution is -0.161. The molecule has 0 aliphatic rings. The zero-order valence-corrected chi connectivity index (χ0v) is 48.3. The van der Waals surface area contributed by atoms with Gasteiger partial charge < -0.3 is 20.1 Å². The topological polar surface area (TPSA) is 134 Å². The molecular formula is C63H114NO8P. The summed E-state index contributed by atoms with van der Waals surface area (Å²) in [7, 11) is -4.39. The van der Waals surface area contributed by atoms with Crippen LogP contribution in [-0.2, 0) is 32.7 Å². The first-order valence-corrected chi connectivity index (χ1v) is 31.9. The van der Waals surface area contributed by atoms with E-state index in [4.69, 9.17) is 24.3 Å². The summed E-state index contributed by atoms with van der Waals surface area (Å²) in [5.74, 6) is -0.833. The molecule has 2 unspecified atom stereocenters. The molecule has 0 rings (SSSR count). The predicted octanol–water partition coefficient (Wildman–Crippen LogP) is 19.3. The van der Waals surface area contributed by atoms with Crippen LogP contribution in [0, 0.1) is 0 Å². The molecule has 0 bridgehead atoms. The van der Waals surface area contributed by atoms with Gasteiger partial charge in [-0.15, -0.1) is 0 Å². The molecule has 0 aliphatic heterocycles. The second-order valence-corrected chi connectivity index (χ2v) is 21.6. The normalized spacial score (nSPS) is 13.5. The first-order chi connectivity index (χ1) is 35.8. The average Bonchev–Trinajstić information content (AvgIpc) is 3.38. The van der Waals surface area contributed by atoms with E-state index in [9.17, 15) is 19.0 Å². The van der Waals surface area contributed by atoms with Crippen molar-refractivity contribution in [3.63, 3.8) is 0 Å². The van der Waals surface area contributed by atoms with Crippen LogP contribution in [-0.4, -0.2) is 49.3 Å². The van der Waals surface area contributed by atoms with Crippen LogP contribution in [0.5, 0.6) is 0 Å². The summed E-state index contributed by atoms with van der Waals surface area (Å²) in [5, 5.41) is 0. The van der Waals surface area contributed by atoms with Crippen molar-refractivity contribution in [2.75, 3.05) is 26.4 Å². The van der Waals surface area contributed by atoms with Crippen LogP contribution in [0.3, 0.4) is 0 Å². The second-order valence-electron chi connectivity index (χ2n) is 20.2. The number of hydrogen-bond acceptors (Lipinski definition) is 8. The fourth-order valence-electron chi connectivity index (χ4n) is 8.60. The maximum absolute atomic E-state index is 12.7. The SMILES string of the molecule is CC/C=C\C/C=C\C/C=C\C/C=C\C/C=C\CCCCCCCCCC(=O)OC(COC(=O)CCCCCCCCCCCCCCCCCCC/C=C\CCCCCCCCCC)COP(=O)(O)OCCN. The van der Waals surface area contributed by atoms with Crippen molar-refractivity contribution in [2.45, 2.75) is 290 Å². The third kappa shape index (κ3) is 58.6. The summed E-state index contributed by atoms with van der Waals surface area (Å²) < 4.78 is 33.1. The molecule has 0 radical (unpaired) electrons. The van der Waals surface area contributed by atoms with E-state index in [1.165, 1.54) is 173 Å². The molecule has 0 fully saturated rings. The molecule has 0 saturated carbocycles. The number of nitrogens with two attached hydrogens (primary N) is 1. The van der Waals surface area contributed by atoms with E-state index in [0.717, 1.165) is 77.0 Å². The van der Waals surface area contributed by atoms with E-state index in [-0.39, 0.29) is 38.6 Å². The molecule has 3 N–H and O–H groups in total. The van der Waals surface area contributed by atoms with Gasteiger partial charge in [0, 0.05) is 19.4 Å². The molecule has 2 atom stereocenters. The van der Waals surface area contributed by atoms with Gasteiger partial charge in [-0.3, -0.25) is 18.6 Å². The lowest BCUT2D eigenvalue weighted by Gasteiger charge is -2.19. The van der Waals surface area contributed by atoms with Gasteiger partial charge in [-0.2, -0.15) is 0 Å². The fraction of sp³-hybridized carbons (Fsp3) is 0.778. The molecule has 73 heavy (non-hydrogen) atoms. The summed E-state index contributed by atoms with van der Waals surface area (Å²) in [6, 6.07) is 0. The number of rotatable bonds is 57.